The number of hydrogen-bond acceptors (Lipinski definition) is 2. The van der Waals surface area contributed by atoms with Crippen molar-refractivity contribution in [2.24, 2.45) is 0 Å². The lowest BCUT2D eigenvalue weighted by Gasteiger charge is -2.21. The lowest BCUT2D eigenvalue weighted by Crippen LogP contribution is -2.28. The Morgan fingerprint density at radius 3 is 3.06 bits per heavy atom. The van der Waals surface area contributed by atoms with Gasteiger partial charge in [0, 0.05) is 31.1 Å². The van der Waals surface area contributed by atoms with E-state index in [1.807, 2.05) is 0 Å². The first kappa shape index (κ1) is 10.3. The van der Waals surface area contributed by atoms with Gasteiger partial charge in [-0.1, -0.05) is 0 Å². The lowest BCUT2D eigenvalue weighted by molar-refractivity contribution is 0.425. The van der Waals surface area contributed by atoms with Crippen LogP contribution in [0.4, 0.5) is 0 Å². The Morgan fingerprint density at radius 1 is 1.38 bits per heavy atom. The van der Waals surface area contributed by atoms with Crippen molar-refractivity contribution in [3.05, 3.63) is 17.7 Å². The van der Waals surface area contributed by atoms with Crippen molar-refractivity contribution in [3.63, 3.8) is 0 Å². The van der Waals surface area contributed by atoms with Gasteiger partial charge < -0.3 is 9.88 Å². The molecule has 2 aliphatic heterocycles. The summed E-state index contributed by atoms with van der Waals surface area (Å²) in [5, 5.41) is 3.48. The molecule has 0 bridgehead atoms. The second kappa shape index (κ2) is 4.21. The summed E-state index contributed by atoms with van der Waals surface area (Å²) in [5.41, 5.74) is 1.33. The molecular weight excluding hydrogens is 198 g/mol. The first-order chi connectivity index (χ1) is 7.84. The number of nitrogens with one attached hydrogen (secondary N) is 1. The number of rotatable bonds is 1. The van der Waals surface area contributed by atoms with E-state index < -0.39 is 0 Å². The third kappa shape index (κ3) is 1.77. The molecule has 1 aromatic rings. The summed E-state index contributed by atoms with van der Waals surface area (Å²) < 4.78 is 2.41. The SMILES string of the molecule is CC1CCCc2nc(C3CCCNC3)cn21. The highest BCUT2D eigenvalue weighted by molar-refractivity contribution is 5.13. The molecular formula is C13H21N3. The van der Waals surface area contributed by atoms with Crippen LogP contribution in [0, 0.1) is 0 Å². The number of imidazole rings is 1. The minimum atomic E-state index is 0.652. The van der Waals surface area contributed by atoms with Crippen LogP contribution < -0.4 is 5.32 Å². The molecule has 2 atom stereocenters. The minimum absolute atomic E-state index is 0.652. The molecule has 0 aliphatic carbocycles. The third-order valence-electron chi connectivity index (χ3n) is 4.04. The molecule has 0 aromatic carbocycles. The van der Waals surface area contributed by atoms with Crippen LogP contribution in [0.5, 0.6) is 0 Å². The predicted molar refractivity (Wildman–Crippen MR) is 64.7 cm³/mol. The Kier molecular flexibility index (Phi) is 2.72. The number of aromatic nitrogens is 2. The Labute approximate surface area is 97.3 Å². The van der Waals surface area contributed by atoms with Gasteiger partial charge in [-0.15, -0.1) is 0 Å². The quantitative estimate of drug-likeness (QED) is 0.785. The van der Waals surface area contributed by atoms with Gasteiger partial charge in [0.2, 0.25) is 0 Å². The summed E-state index contributed by atoms with van der Waals surface area (Å²) in [5.74, 6) is 1.97. The highest BCUT2D eigenvalue weighted by atomic mass is 15.1. The molecule has 1 saturated heterocycles. The molecule has 3 nitrogen and oxygen atoms in total. The summed E-state index contributed by atoms with van der Waals surface area (Å²) in [7, 11) is 0. The summed E-state index contributed by atoms with van der Waals surface area (Å²) in [6.07, 6.45) is 8.70. The zero-order valence-corrected chi connectivity index (χ0v) is 10.1. The molecule has 3 heteroatoms. The van der Waals surface area contributed by atoms with Crippen LogP contribution >= 0.6 is 0 Å². The minimum Gasteiger partial charge on any atom is -0.332 e. The Balaban J connectivity index is 1.85. The fourth-order valence-electron chi connectivity index (χ4n) is 3.01. The van der Waals surface area contributed by atoms with E-state index in [-0.39, 0.29) is 0 Å². The maximum atomic E-state index is 4.85. The van der Waals surface area contributed by atoms with Crippen molar-refractivity contribution in [2.45, 2.75) is 51.0 Å². The Morgan fingerprint density at radius 2 is 2.31 bits per heavy atom. The number of aryl methyl sites for hydroxylation is 1. The summed E-state index contributed by atoms with van der Waals surface area (Å²) in [6, 6.07) is 0.654. The van der Waals surface area contributed by atoms with Gasteiger partial charge in [0.1, 0.15) is 5.82 Å². The average molecular weight is 219 g/mol. The van der Waals surface area contributed by atoms with Crippen LogP contribution in [0.25, 0.3) is 0 Å². The zero-order valence-electron chi connectivity index (χ0n) is 10.1. The maximum absolute atomic E-state index is 4.85. The van der Waals surface area contributed by atoms with E-state index in [2.05, 4.69) is 23.0 Å². The van der Waals surface area contributed by atoms with Gasteiger partial charge >= 0.3 is 0 Å². The molecule has 3 rings (SSSR count). The van der Waals surface area contributed by atoms with Crippen LogP contribution in [-0.2, 0) is 6.42 Å². The van der Waals surface area contributed by atoms with Gasteiger partial charge in [0.05, 0.1) is 5.69 Å². The van der Waals surface area contributed by atoms with Crippen molar-refractivity contribution in [1.29, 1.82) is 0 Å². The van der Waals surface area contributed by atoms with Gasteiger partial charge in [0.25, 0.3) is 0 Å². The van der Waals surface area contributed by atoms with Crippen LogP contribution in [0.1, 0.15) is 56.1 Å². The number of hydrogen-bond donors (Lipinski definition) is 1. The normalized spacial score (nSPS) is 30.1. The molecule has 2 aliphatic rings. The highest BCUT2D eigenvalue weighted by Crippen LogP contribution is 2.28. The average Bonchev–Trinajstić information content (AvgIpc) is 2.76. The van der Waals surface area contributed by atoms with Crippen LogP contribution in [0.2, 0.25) is 0 Å². The van der Waals surface area contributed by atoms with Gasteiger partial charge in [-0.3, -0.25) is 0 Å². The number of piperidine rings is 1. The molecule has 1 fully saturated rings. The van der Waals surface area contributed by atoms with Gasteiger partial charge in [0.15, 0.2) is 0 Å². The monoisotopic (exact) mass is 219 g/mol. The number of nitrogens with zero attached hydrogens (tertiary/aromatic N) is 2. The standard InChI is InChI=1S/C13H21N3/c1-10-4-2-6-13-15-12(9-16(10)13)11-5-3-7-14-8-11/h9-11,14H,2-8H2,1H3. The zero-order chi connectivity index (χ0) is 11.0. The van der Waals surface area contributed by atoms with Crippen LogP contribution in [-0.4, -0.2) is 22.6 Å². The topological polar surface area (TPSA) is 29.9 Å². The Bertz CT molecular complexity index is 363. The fourth-order valence-corrected chi connectivity index (χ4v) is 3.01. The molecule has 0 saturated carbocycles. The molecule has 0 spiro atoms. The van der Waals surface area contributed by atoms with Gasteiger partial charge in [-0.05, 0) is 39.2 Å². The van der Waals surface area contributed by atoms with E-state index in [0.717, 1.165) is 6.54 Å². The van der Waals surface area contributed by atoms with E-state index in [0.29, 0.717) is 12.0 Å². The first-order valence-corrected chi connectivity index (χ1v) is 6.63. The van der Waals surface area contributed by atoms with Crippen LogP contribution in [0.15, 0.2) is 6.20 Å². The molecule has 3 heterocycles. The van der Waals surface area contributed by atoms with E-state index in [1.165, 1.54) is 50.2 Å². The fraction of sp³-hybridized carbons (Fsp3) is 0.769. The van der Waals surface area contributed by atoms with Crippen molar-refractivity contribution in [1.82, 2.24) is 14.9 Å². The molecule has 1 N–H and O–H groups in total. The number of fused-ring (bicyclic) bond motifs is 1. The van der Waals surface area contributed by atoms with Crippen molar-refractivity contribution >= 4 is 0 Å². The smallest absolute Gasteiger partial charge is 0.109 e. The molecule has 2 unspecified atom stereocenters. The van der Waals surface area contributed by atoms with Gasteiger partial charge in [-0.2, -0.15) is 0 Å². The third-order valence-corrected chi connectivity index (χ3v) is 4.04. The second-order valence-corrected chi connectivity index (χ2v) is 5.27. The molecule has 1 aromatic heterocycles. The molecule has 16 heavy (non-hydrogen) atoms. The summed E-state index contributed by atoms with van der Waals surface area (Å²) in [4.78, 5) is 4.85. The lowest BCUT2D eigenvalue weighted by atomic mass is 9.97. The van der Waals surface area contributed by atoms with Crippen molar-refractivity contribution < 1.29 is 0 Å². The van der Waals surface area contributed by atoms with E-state index in [9.17, 15) is 0 Å². The highest BCUT2D eigenvalue weighted by Gasteiger charge is 2.23. The van der Waals surface area contributed by atoms with E-state index in [1.54, 1.807) is 0 Å². The first-order valence-electron chi connectivity index (χ1n) is 6.63. The van der Waals surface area contributed by atoms with E-state index in [4.69, 9.17) is 4.98 Å². The molecule has 0 amide bonds. The summed E-state index contributed by atoms with van der Waals surface area (Å²) in [6.45, 7) is 4.61. The summed E-state index contributed by atoms with van der Waals surface area (Å²) >= 11 is 0. The van der Waals surface area contributed by atoms with E-state index >= 15 is 0 Å². The molecule has 0 radical (unpaired) electrons. The predicted octanol–water partition coefficient (Wildman–Crippen LogP) is 2.25. The molecule has 88 valence electrons. The largest absolute Gasteiger partial charge is 0.332 e. The van der Waals surface area contributed by atoms with Crippen LogP contribution in [0.3, 0.4) is 0 Å². The van der Waals surface area contributed by atoms with Gasteiger partial charge in [-0.25, -0.2) is 4.98 Å². The Hall–Kier alpha value is -0.830. The van der Waals surface area contributed by atoms with Crippen molar-refractivity contribution in [2.75, 3.05) is 13.1 Å². The second-order valence-electron chi connectivity index (χ2n) is 5.27. The maximum Gasteiger partial charge on any atom is 0.109 e. The van der Waals surface area contributed by atoms with Crippen molar-refractivity contribution in [3.8, 4) is 0 Å².